The number of nitrogens with one attached hydrogen (secondary N) is 1. The van der Waals surface area contributed by atoms with Gasteiger partial charge < -0.3 is 10.1 Å². The van der Waals surface area contributed by atoms with Gasteiger partial charge in [0.05, 0.1) is 10.6 Å². The Morgan fingerprint density at radius 1 is 1.27 bits per heavy atom. The standard InChI is InChI=1S/C17H23NO5S3/c1-26(21,22)15-8-4-3-7-14(15)18-16(19)12-23-17(20)9-5-2-6-13-10-11-24-25-13/h3-4,7-8,13H,2,5-6,9-12H2,1H3,(H,18,19)/t13-/m1/s1. The zero-order valence-corrected chi connectivity index (χ0v) is 17.1. The van der Waals surface area contributed by atoms with Gasteiger partial charge in [0.2, 0.25) is 0 Å². The molecule has 1 fully saturated rings. The summed E-state index contributed by atoms with van der Waals surface area (Å²) in [6, 6.07) is 6.11. The summed E-state index contributed by atoms with van der Waals surface area (Å²) in [6.45, 7) is -0.425. The lowest BCUT2D eigenvalue weighted by Gasteiger charge is -2.10. The summed E-state index contributed by atoms with van der Waals surface area (Å²) < 4.78 is 28.4. The maximum atomic E-state index is 11.9. The molecule has 1 aromatic rings. The van der Waals surface area contributed by atoms with Crippen LogP contribution in [0.15, 0.2) is 29.2 Å². The lowest BCUT2D eigenvalue weighted by Crippen LogP contribution is -2.21. The molecule has 1 atom stereocenters. The highest BCUT2D eigenvalue weighted by Gasteiger charge is 2.17. The number of rotatable bonds is 9. The molecule has 0 aliphatic carbocycles. The molecule has 1 aliphatic rings. The van der Waals surface area contributed by atoms with Crippen molar-refractivity contribution in [2.75, 3.05) is 23.9 Å². The van der Waals surface area contributed by atoms with Crippen LogP contribution in [0.5, 0.6) is 0 Å². The van der Waals surface area contributed by atoms with Gasteiger partial charge in [-0.3, -0.25) is 9.59 Å². The van der Waals surface area contributed by atoms with Crippen LogP contribution in [-0.4, -0.2) is 44.2 Å². The number of hydrogen-bond donors (Lipinski definition) is 1. The first-order valence-electron chi connectivity index (χ1n) is 8.39. The monoisotopic (exact) mass is 417 g/mol. The molecule has 0 spiro atoms. The van der Waals surface area contributed by atoms with E-state index < -0.39 is 28.3 Å². The van der Waals surface area contributed by atoms with Gasteiger partial charge in [0.25, 0.3) is 5.91 Å². The van der Waals surface area contributed by atoms with Crippen LogP contribution in [0.1, 0.15) is 32.1 Å². The van der Waals surface area contributed by atoms with Gasteiger partial charge >= 0.3 is 5.97 Å². The lowest BCUT2D eigenvalue weighted by molar-refractivity contribution is -0.147. The second-order valence-corrected chi connectivity index (χ2v) is 10.8. The summed E-state index contributed by atoms with van der Waals surface area (Å²) in [6.07, 6.45) is 5.42. The summed E-state index contributed by atoms with van der Waals surface area (Å²) in [7, 11) is 0.369. The van der Waals surface area contributed by atoms with Crippen molar-refractivity contribution in [3.05, 3.63) is 24.3 Å². The summed E-state index contributed by atoms with van der Waals surface area (Å²) >= 11 is 0. The highest BCUT2D eigenvalue weighted by atomic mass is 33.1. The van der Waals surface area contributed by atoms with Crippen LogP contribution in [0.3, 0.4) is 0 Å². The number of ether oxygens (including phenoxy) is 1. The molecule has 2 rings (SSSR count). The first-order valence-corrected chi connectivity index (χ1v) is 12.7. The second-order valence-electron chi connectivity index (χ2n) is 6.05. The minimum Gasteiger partial charge on any atom is -0.456 e. The minimum atomic E-state index is -3.46. The first kappa shape index (κ1) is 21.1. The van der Waals surface area contributed by atoms with Gasteiger partial charge in [-0.15, -0.1) is 0 Å². The van der Waals surface area contributed by atoms with Gasteiger partial charge in [0, 0.05) is 23.7 Å². The second kappa shape index (κ2) is 10.2. The van der Waals surface area contributed by atoms with Gasteiger partial charge in [0.1, 0.15) is 0 Å². The molecule has 26 heavy (non-hydrogen) atoms. The average Bonchev–Trinajstić information content (AvgIpc) is 3.10. The molecule has 1 amide bonds. The fraction of sp³-hybridized carbons (Fsp3) is 0.529. The van der Waals surface area contributed by atoms with Gasteiger partial charge in [-0.1, -0.05) is 40.1 Å². The number of hydrogen-bond acceptors (Lipinski definition) is 7. The molecule has 0 radical (unpaired) electrons. The zero-order valence-electron chi connectivity index (χ0n) is 14.6. The van der Waals surface area contributed by atoms with Crippen LogP contribution in [0.2, 0.25) is 0 Å². The summed E-state index contributed by atoms with van der Waals surface area (Å²) in [4.78, 5) is 23.7. The van der Waals surface area contributed by atoms with E-state index >= 15 is 0 Å². The van der Waals surface area contributed by atoms with E-state index in [-0.39, 0.29) is 17.0 Å². The number of unbranched alkanes of at least 4 members (excludes halogenated alkanes) is 1. The van der Waals surface area contributed by atoms with Crippen LogP contribution >= 0.6 is 21.6 Å². The fourth-order valence-corrected chi connectivity index (χ4v) is 6.38. The summed E-state index contributed by atoms with van der Waals surface area (Å²) in [5.74, 6) is 0.230. The Morgan fingerprint density at radius 3 is 2.73 bits per heavy atom. The number of esters is 1. The van der Waals surface area contributed by atoms with Crippen LogP contribution in [0, 0.1) is 0 Å². The Hall–Kier alpha value is -1.19. The Balaban J connectivity index is 1.69. The summed E-state index contributed by atoms with van der Waals surface area (Å²) in [5, 5.41) is 3.17. The molecule has 1 aliphatic heterocycles. The fourth-order valence-electron chi connectivity index (χ4n) is 2.50. The van der Waals surface area contributed by atoms with Crippen LogP contribution in [0.25, 0.3) is 0 Å². The van der Waals surface area contributed by atoms with E-state index in [1.54, 1.807) is 12.1 Å². The van der Waals surface area contributed by atoms with Crippen molar-refractivity contribution in [1.29, 1.82) is 0 Å². The van der Waals surface area contributed by atoms with Gasteiger partial charge in [-0.05, 0) is 31.4 Å². The minimum absolute atomic E-state index is 0.0302. The normalized spacial score (nSPS) is 17.0. The molecule has 9 heteroatoms. The maximum Gasteiger partial charge on any atom is 0.306 e. The Morgan fingerprint density at radius 2 is 2.04 bits per heavy atom. The number of anilines is 1. The first-order chi connectivity index (χ1) is 12.4. The maximum absolute atomic E-state index is 11.9. The third-order valence-electron chi connectivity index (χ3n) is 3.81. The Labute approximate surface area is 162 Å². The number of carbonyl (C=O) groups excluding carboxylic acids is 2. The van der Waals surface area contributed by atoms with Crippen LogP contribution in [0.4, 0.5) is 5.69 Å². The van der Waals surface area contributed by atoms with Crippen LogP contribution in [-0.2, 0) is 24.2 Å². The molecule has 1 heterocycles. The molecule has 1 saturated heterocycles. The molecular weight excluding hydrogens is 394 g/mol. The third kappa shape index (κ3) is 7.20. The van der Waals surface area contributed by atoms with Crippen molar-refractivity contribution in [1.82, 2.24) is 0 Å². The average molecular weight is 418 g/mol. The topological polar surface area (TPSA) is 89.5 Å². The van der Waals surface area contributed by atoms with E-state index in [2.05, 4.69) is 5.32 Å². The molecule has 144 valence electrons. The molecule has 6 nitrogen and oxygen atoms in total. The SMILES string of the molecule is CS(=O)(=O)c1ccccc1NC(=O)COC(=O)CCCC[C@@H]1CCSS1. The predicted molar refractivity (Wildman–Crippen MR) is 106 cm³/mol. The molecule has 1 aromatic carbocycles. The van der Waals surface area contributed by atoms with Crippen molar-refractivity contribution in [3.8, 4) is 0 Å². The molecule has 0 unspecified atom stereocenters. The number of amides is 1. The van der Waals surface area contributed by atoms with E-state index in [9.17, 15) is 18.0 Å². The smallest absolute Gasteiger partial charge is 0.306 e. The van der Waals surface area contributed by atoms with Gasteiger partial charge in [0.15, 0.2) is 16.4 Å². The lowest BCUT2D eigenvalue weighted by atomic mass is 10.1. The Kier molecular flexibility index (Phi) is 8.30. The molecule has 0 saturated carbocycles. The quantitative estimate of drug-likeness (QED) is 0.375. The number of sulfone groups is 1. The van der Waals surface area contributed by atoms with Crippen molar-refractivity contribution in [2.45, 2.75) is 42.2 Å². The van der Waals surface area contributed by atoms with Crippen molar-refractivity contribution in [2.24, 2.45) is 0 Å². The summed E-state index contributed by atoms with van der Waals surface area (Å²) in [5.41, 5.74) is 0.183. The largest absolute Gasteiger partial charge is 0.456 e. The Bertz CT molecular complexity index is 730. The molecule has 0 bridgehead atoms. The van der Waals surface area contributed by atoms with Crippen molar-refractivity contribution in [3.63, 3.8) is 0 Å². The van der Waals surface area contributed by atoms with E-state index in [0.717, 1.165) is 25.5 Å². The van der Waals surface area contributed by atoms with Crippen molar-refractivity contribution >= 4 is 49.0 Å². The van der Waals surface area contributed by atoms with E-state index in [0.29, 0.717) is 5.25 Å². The van der Waals surface area contributed by atoms with Gasteiger partial charge in [-0.2, -0.15) is 0 Å². The van der Waals surface area contributed by atoms with E-state index in [1.165, 1.54) is 24.3 Å². The highest BCUT2D eigenvalue weighted by molar-refractivity contribution is 8.77. The number of benzene rings is 1. The highest BCUT2D eigenvalue weighted by Crippen LogP contribution is 2.39. The molecular formula is C17H23NO5S3. The third-order valence-corrected chi connectivity index (χ3v) is 7.97. The van der Waals surface area contributed by atoms with E-state index in [4.69, 9.17) is 4.74 Å². The van der Waals surface area contributed by atoms with Crippen LogP contribution < -0.4 is 5.32 Å². The van der Waals surface area contributed by atoms with E-state index in [1.807, 2.05) is 21.6 Å². The zero-order chi connectivity index (χ0) is 19.0. The number of para-hydroxylation sites is 1. The van der Waals surface area contributed by atoms with Gasteiger partial charge in [-0.25, -0.2) is 8.42 Å². The molecule has 0 aromatic heterocycles. The number of carbonyl (C=O) groups is 2. The predicted octanol–water partition coefficient (Wildman–Crippen LogP) is 3.29. The molecule has 1 N–H and O–H groups in total. The van der Waals surface area contributed by atoms with Crippen molar-refractivity contribution < 1.29 is 22.7 Å².